The first kappa shape index (κ1) is 18.9. The Morgan fingerprint density at radius 1 is 1.28 bits per heavy atom. The summed E-state index contributed by atoms with van der Waals surface area (Å²) >= 11 is 14.4. The molecule has 3 heterocycles. The number of anilines is 1. The number of nitrogens with zero attached hydrogens (tertiary/aromatic N) is 2. The number of ether oxygens (including phenoxy) is 1. The van der Waals surface area contributed by atoms with Crippen molar-refractivity contribution in [2.75, 3.05) is 18.9 Å². The third-order valence-corrected chi connectivity index (χ3v) is 7.04. The van der Waals surface area contributed by atoms with Crippen LogP contribution in [-0.4, -0.2) is 35.0 Å². The van der Waals surface area contributed by atoms with Crippen LogP contribution in [0, 0.1) is 5.82 Å². The van der Waals surface area contributed by atoms with Crippen molar-refractivity contribution in [3.8, 4) is 16.9 Å². The molecule has 2 aliphatic heterocycles. The lowest BCUT2D eigenvalue weighted by atomic mass is 9.99. The van der Waals surface area contributed by atoms with E-state index in [1.807, 2.05) is 4.90 Å². The van der Waals surface area contributed by atoms with E-state index in [2.05, 4.69) is 4.98 Å². The van der Waals surface area contributed by atoms with Gasteiger partial charge in [-0.2, -0.15) is 0 Å². The van der Waals surface area contributed by atoms with E-state index < -0.39 is 5.82 Å². The molecular formula is C20H16Cl2FN3O2S. The van der Waals surface area contributed by atoms with Crippen molar-refractivity contribution in [3.63, 3.8) is 0 Å². The summed E-state index contributed by atoms with van der Waals surface area (Å²) in [6.07, 6.45) is 2.93. The van der Waals surface area contributed by atoms with Crippen LogP contribution in [0.25, 0.3) is 21.3 Å². The molecule has 5 nitrogen and oxygen atoms in total. The minimum Gasteiger partial charge on any atom is -0.489 e. The summed E-state index contributed by atoms with van der Waals surface area (Å²) in [7, 11) is 0. The van der Waals surface area contributed by atoms with E-state index in [9.17, 15) is 9.18 Å². The number of amides is 1. The van der Waals surface area contributed by atoms with Crippen molar-refractivity contribution < 1.29 is 13.9 Å². The lowest BCUT2D eigenvalue weighted by Crippen LogP contribution is -2.45. The highest BCUT2D eigenvalue weighted by Gasteiger charge is 2.35. The van der Waals surface area contributed by atoms with Gasteiger partial charge in [0.15, 0.2) is 10.9 Å². The first-order chi connectivity index (χ1) is 14.0. The molecule has 5 rings (SSSR count). The summed E-state index contributed by atoms with van der Waals surface area (Å²) in [5, 5.41) is 0.748. The van der Waals surface area contributed by atoms with Crippen LogP contribution in [0.5, 0.6) is 5.75 Å². The van der Waals surface area contributed by atoms with Crippen LogP contribution in [0.3, 0.4) is 0 Å². The zero-order chi connectivity index (χ0) is 20.3. The summed E-state index contributed by atoms with van der Waals surface area (Å²) in [6, 6.07) is 4.51. The van der Waals surface area contributed by atoms with Crippen molar-refractivity contribution in [2.45, 2.75) is 25.3 Å². The van der Waals surface area contributed by atoms with Crippen molar-refractivity contribution >= 4 is 55.8 Å². The average molecular weight is 452 g/mol. The van der Waals surface area contributed by atoms with E-state index in [0.717, 1.165) is 30.6 Å². The molecule has 0 radical (unpaired) electrons. The molecule has 0 spiro atoms. The van der Waals surface area contributed by atoms with Gasteiger partial charge in [-0.3, -0.25) is 4.79 Å². The largest absolute Gasteiger partial charge is 0.489 e. The number of piperidine rings is 1. The molecule has 1 atom stereocenters. The molecule has 0 bridgehead atoms. The van der Waals surface area contributed by atoms with E-state index in [4.69, 9.17) is 33.7 Å². The minimum absolute atomic E-state index is 0.0257. The van der Waals surface area contributed by atoms with Gasteiger partial charge < -0.3 is 15.4 Å². The highest BCUT2D eigenvalue weighted by atomic mass is 35.5. The van der Waals surface area contributed by atoms with E-state index >= 15 is 0 Å². The number of nitrogen functional groups attached to an aromatic ring is 1. The topological polar surface area (TPSA) is 68.5 Å². The van der Waals surface area contributed by atoms with Crippen molar-refractivity contribution in [1.82, 2.24) is 9.88 Å². The fourth-order valence-electron chi connectivity index (χ4n) is 4.12. The average Bonchev–Trinajstić information content (AvgIpc) is 3.04. The van der Waals surface area contributed by atoms with Gasteiger partial charge >= 0.3 is 0 Å². The Morgan fingerprint density at radius 3 is 2.93 bits per heavy atom. The van der Waals surface area contributed by atoms with Crippen LogP contribution in [0.4, 0.5) is 9.52 Å². The number of hydrogen-bond donors (Lipinski definition) is 1. The Morgan fingerprint density at radius 2 is 2.10 bits per heavy atom. The molecule has 150 valence electrons. The van der Waals surface area contributed by atoms with Gasteiger partial charge in [0.1, 0.15) is 12.4 Å². The molecule has 1 aromatic heterocycles. The number of halogens is 3. The highest BCUT2D eigenvalue weighted by Crippen LogP contribution is 2.47. The zero-order valence-electron chi connectivity index (χ0n) is 15.2. The number of carbonyl (C=O) groups excluding carboxylic acids is 1. The van der Waals surface area contributed by atoms with Crippen LogP contribution in [0.1, 0.15) is 29.6 Å². The number of hydrogen-bond acceptors (Lipinski definition) is 5. The minimum atomic E-state index is -0.414. The number of aromatic nitrogens is 1. The molecule has 1 amide bonds. The summed E-state index contributed by atoms with van der Waals surface area (Å²) in [5.41, 5.74) is 7.53. The van der Waals surface area contributed by atoms with Gasteiger partial charge in [-0.15, -0.1) is 0 Å². The predicted molar refractivity (Wildman–Crippen MR) is 114 cm³/mol. The third-order valence-electron chi connectivity index (χ3n) is 5.49. The zero-order valence-corrected chi connectivity index (χ0v) is 17.5. The fourth-order valence-corrected chi connectivity index (χ4v) is 5.59. The summed E-state index contributed by atoms with van der Waals surface area (Å²) < 4.78 is 20.6. The van der Waals surface area contributed by atoms with Gasteiger partial charge in [0.25, 0.3) is 5.91 Å². The van der Waals surface area contributed by atoms with Gasteiger partial charge in [-0.25, -0.2) is 9.37 Å². The molecule has 0 aliphatic carbocycles. The first-order valence-electron chi connectivity index (χ1n) is 9.26. The number of thiazole rings is 1. The summed E-state index contributed by atoms with van der Waals surface area (Å²) in [5.74, 6) is -0.228. The Balaban J connectivity index is 1.71. The number of fused-ring (bicyclic) bond motifs is 3. The van der Waals surface area contributed by atoms with Gasteiger partial charge in [0.2, 0.25) is 0 Å². The van der Waals surface area contributed by atoms with Crippen molar-refractivity contribution in [2.24, 2.45) is 0 Å². The third kappa shape index (κ3) is 2.95. The van der Waals surface area contributed by atoms with Crippen LogP contribution in [-0.2, 0) is 0 Å². The number of benzene rings is 2. The molecule has 2 aliphatic rings. The molecular weight excluding hydrogens is 436 g/mol. The van der Waals surface area contributed by atoms with E-state index in [-0.39, 0.29) is 27.1 Å². The standard InChI is InChI=1S/C20H16Cl2FN3O2S/c21-12-7-11-17(28-8-9-3-1-2-6-26(9)19(11)27)15(22)14(12)10-4-5-13(23)18-16(10)25-20(24)29-18/h4-5,7,9H,1-3,6,8H2,(H2,24,25)/t9-/m0/s1. The maximum Gasteiger partial charge on any atom is 0.258 e. The van der Waals surface area contributed by atoms with Crippen LogP contribution in [0.2, 0.25) is 10.0 Å². The Hall–Kier alpha value is -2.09. The van der Waals surface area contributed by atoms with E-state index in [1.54, 1.807) is 12.1 Å². The molecule has 29 heavy (non-hydrogen) atoms. The smallest absolute Gasteiger partial charge is 0.258 e. The second-order valence-corrected chi connectivity index (χ2v) is 9.02. The fraction of sp³-hybridized carbons (Fsp3) is 0.300. The molecule has 0 saturated carbocycles. The van der Waals surface area contributed by atoms with Gasteiger partial charge in [-0.05, 0) is 37.5 Å². The quantitative estimate of drug-likeness (QED) is 0.539. The summed E-state index contributed by atoms with van der Waals surface area (Å²) in [6.45, 7) is 1.07. The van der Waals surface area contributed by atoms with E-state index in [0.29, 0.717) is 45.8 Å². The van der Waals surface area contributed by atoms with Crippen LogP contribution in [0.15, 0.2) is 18.2 Å². The molecule has 1 saturated heterocycles. The summed E-state index contributed by atoms with van der Waals surface area (Å²) in [4.78, 5) is 19.2. The monoisotopic (exact) mass is 451 g/mol. The van der Waals surface area contributed by atoms with E-state index in [1.165, 1.54) is 6.07 Å². The number of carbonyl (C=O) groups is 1. The normalized spacial score (nSPS) is 18.9. The maximum atomic E-state index is 14.2. The second kappa shape index (κ2) is 7.00. The lowest BCUT2D eigenvalue weighted by molar-refractivity contribution is 0.0578. The molecule has 3 aromatic rings. The SMILES string of the molecule is Nc1nc2c(-c3c(Cl)cc4c(c3Cl)OC[C@@H]3CCCCN3C4=O)ccc(F)c2s1. The Bertz CT molecular complexity index is 1170. The molecule has 9 heteroatoms. The first-order valence-corrected chi connectivity index (χ1v) is 10.8. The van der Waals surface area contributed by atoms with Gasteiger partial charge in [0.05, 0.1) is 31.9 Å². The van der Waals surface area contributed by atoms with Gasteiger partial charge in [-0.1, -0.05) is 34.5 Å². The molecule has 2 aromatic carbocycles. The molecule has 0 unspecified atom stereocenters. The molecule has 2 N–H and O–H groups in total. The maximum absolute atomic E-state index is 14.2. The van der Waals surface area contributed by atoms with Crippen molar-refractivity contribution in [1.29, 1.82) is 0 Å². The van der Waals surface area contributed by atoms with Crippen LogP contribution >= 0.6 is 34.5 Å². The lowest BCUT2D eigenvalue weighted by Gasteiger charge is -2.33. The number of rotatable bonds is 1. The van der Waals surface area contributed by atoms with Crippen molar-refractivity contribution in [3.05, 3.63) is 39.6 Å². The number of nitrogens with two attached hydrogens (primary N) is 1. The highest BCUT2D eigenvalue weighted by molar-refractivity contribution is 7.22. The van der Waals surface area contributed by atoms with Crippen LogP contribution < -0.4 is 10.5 Å². The van der Waals surface area contributed by atoms with Gasteiger partial charge in [0, 0.05) is 17.7 Å². The Labute approximate surface area is 180 Å². The predicted octanol–water partition coefficient (Wildman–Crippen LogP) is 5.38. The Kier molecular flexibility index (Phi) is 4.57. The molecule has 1 fully saturated rings. The second-order valence-electron chi connectivity index (χ2n) is 7.21.